The number of benzene rings is 2. The third-order valence-corrected chi connectivity index (χ3v) is 6.48. The highest BCUT2D eigenvalue weighted by molar-refractivity contribution is 9.10. The monoisotopic (exact) mass is 433 g/mol. The summed E-state index contributed by atoms with van der Waals surface area (Å²) in [7, 11) is -3.49. The van der Waals surface area contributed by atoms with Crippen molar-refractivity contribution in [3.63, 3.8) is 0 Å². The molecular formula is C16H14BrClFNO3S. The minimum atomic E-state index is -3.49. The van der Waals surface area contributed by atoms with E-state index in [0.717, 1.165) is 4.47 Å². The molecule has 0 atom stereocenters. The Morgan fingerprint density at radius 1 is 1.21 bits per heavy atom. The van der Waals surface area contributed by atoms with Crippen molar-refractivity contribution >= 4 is 37.6 Å². The quantitative estimate of drug-likeness (QED) is 0.718. The van der Waals surface area contributed by atoms with E-state index < -0.39 is 15.8 Å². The third-order valence-electron chi connectivity index (χ3n) is 3.76. The van der Waals surface area contributed by atoms with Crippen LogP contribution in [0.4, 0.5) is 4.39 Å². The Kier molecular flexibility index (Phi) is 5.27. The summed E-state index contributed by atoms with van der Waals surface area (Å²) in [6, 6.07) is 10.6. The second-order valence-corrected chi connectivity index (χ2v) is 8.71. The van der Waals surface area contributed by atoms with Crippen molar-refractivity contribution in [2.75, 3.05) is 13.1 Å². The highest BCUT2D eigenvalue weighted by Crippen LogP contribution is 2.26. The molecule has 2 aromatic rings. The largest absolute Gasteiger partial charge is 0.371 e. The Balaban J connectivity index is 1.56. The molecule has 0 bridgehead atoms. The average Bonchev–Trinajstić information content (AvgIpc) is 2.48. The first-order valence-electron chi connectivity index (χ1n) is 7.17. The van der Waals surface area contributed by atoms with Crippen molar-refractivity contribution in [2.45, 2.75) is 17.6 Å². The summed E-state index contributed by atoms with van der Waals surface area (Å²) in [5.41, 5.74) is 0.673. The number of rotatable bonds is 5. The SMILES string of the molecule is O=S(=O)(c1ccc(Br)cc1)N1CC(OCc2ccc(F)cc2Cl)C1. The van der Waals surface area contributed by atoms with Gasteiger partial charge in [0.15, 0.2) is 0 Å². The van der Waals surface area contributed by atoms with E-state index in [9.17, 15) is 12.8 Å². The normalized spacial score (nSPS) is 16.1. The average molecular weight is 435 g/mol. The number of hydrogen-bond acceptors (Lipinski definition) is 3. The van der Waals surface area contributed by atoms with Gasteiger partial charge >= 0.3 is 0 Å². The summed E-state index contributed by atoms with van der Waals surface area (Å²) >= 11 is 9.22. The van der Waals surface area contributed by atoms with Crippen molar-refractivity contribution < 1.29 is 17.5 Å². The predicted octanol–water partition coefficient (Wildman–Crippen LogP) is 3.83. The lowest BCUT2D eigenvalue weighted by molar-refractivity contribution is -0.0295. The van der Waals surface area contributed by atoms with Crippen LogP contribution in [0.15, 0.2) is 51.8 Å². The lowest BCUT2D eigenvalue weighted by Gasteiger charge is -2.37. The number of ether oxygens (including phenoxy) is 1. The smallest absolute Gasteiger partial charge is 0.243 e. The van der Waals surface area contributed by atoms with Gasteiger partial charge in [-0.1, -0.05) is 33.6 Å². The van der Waals surface area contributed by atoms with E-state index in [1.165, 1.54) is 16.4 Å². The van der Waals surface area contributed by atoms with Crippen LogP contribution in [-0.2, 0) is 21.4 Å². The van der Waals surface area contributed by atoms with E-state index in [4.69, 9.17) is 16.3 Å². The molecule has 2 aromatic carbocycles. The van der Waals surface area contributed by atoms with E-state index in [1.54, 1.807) is 30.3 Å². The Labute approximate surface area is 153 Å². The van der Waals surface area contributed by atoms with Gasteiger partial charge in [-0.2, -0.15) is 4.31 Å². The fraction of sp³-hybridized carbons (Fsp3) is 0.250. The summed E-state index contributed by atoms with van der Waals surface area (Å²) < 4.78 is 45.7. The Morgan fingerprint density at radius 2 is 1.88 bits per heavy atom. The maximum atomic E-state index is 13.0. The van der Waals surface area contributed by atoms with Crippen molar-refractivity contribution in [1.29, 1.82) is 0 Å². The van der Waals surface area contributed by atoms with Gasteiger partial charge < -0.3 is 4.74 Å². The third kappa shape index (κ3) is 3.81. The van der Waals surface area contributed by atoms with Gasteiger partial charge in [0.25, 0.3) is 0 Å². The van der Waals surface area contributed by atoms with E-state index in [2.05, 4.69) is 15.9 Å². The van der Waals surface area contributed by atoms with Crippen molar-refractivity contribution in [2.24, 2.45) is 0 Å². The van der Waals surface area contributed by atoms with Crippen molar-refractivity contribution in [3.05, 3.63) is 63.3 Å². The van der Waals surface area contributed by atoms with Crippen LogP contribution >= 0.6 is 27.5 Å². The van der Waals surface area contributed by atoms with E-state index in [1.807, 2.05) is 0 Å². The van der Waals surface area contributed by atoms with Crippen molar-refractivity contribution in [1.82, 2.24) is 4.31 Å². The summed E-state index contributed by atoms with van der Waals surface area (Å²) in [5.74, 6) is -0.404. The molecule has 3 rings (SSSR count). The Morgan fingerprint density at radius 3 is 2.50 bits per heavy atom. The first kappa shape index (κ1) is 17.8. The minimum Gasteiger partial charge on any atom is -0.371 e. The van der Waals surface area contributed by atoms with Gasteiger partial charge in [-0.25, -0.2) is 12.8 Å². The highest BCUT2D eigenvalue weighted by Gasteiger charge is 2.37. The molecule has 0 N–H and O–H groups in total. The Bertz CT molecular complexity index is 839. The maximum absolute atomic E-state index is 13.0. The maximum Gasteiger partial charge on any atom is 0.243 e. The number of halogens is 3. The van der Waals surface area contributed by atoms with Crippen LogP contribution in [0.3, 0.4) is 0 Å². The summed E-state index contributed by atoms with van der Waals surface area (Å²) in [4.78, 5) is 0.255. The zero-order chi connectivity index (χ0) is 17.3. The molecule has 1 aliphatic rings. The molecule has 0 saturated carbocycles. The summed E-state index contributed by atoms with van der Waals surface area (Å²) in [6.07, 6.45) is -0.198. The standard InChI is InChI=1S/C16H14BrClFNO3S/c17-12-2-5-15(6-3-12)24(21,22)20-8-14(9-20)23-10-11-1-4-13(19)7-16(11)18/h1-7,14H,8-10H2. The molecule has 0 aliphatic carbocycles. The predicted molar refractivity (Wildman–Crippen MR) is 92.9 cm³/mol. The summed E-state index contributed by atoms with van der Waals surface area (Å²) in [5, 5.41) is 0.300. The van der Waals surface area contributed by atoms with E-state index in [0.29, 0.717) is 10.6 Å². The van der Waals surface area contributed by atoms with E-state index in [-0.39, 0.29) is 30.7 Å². The first-order chi connectivity index (χ1) is 11.4. The zero-order valence-corrected chi connectivity index (χ0v) is 15.6. The van der Waals surface area contributed by atoms with Gasteiger partial charge in [0.2, 0.25) is 10.0 Å². The first-order valence-corrected chi connectivity index (χ1v) is 9.78. The second-order valence-electron chi connectivity index (χ2n) is 5.44. The van der Waals surface area contributed by atoms with Gasteiger partial charge in [0, 0.05) is 22.6 Å². The minimum absolute atomic E-state index is 0.198. The fourth-order valence-electron chi connectivity index (χ4n) is 2.30. The van der Waals surface area contributed by atoms with Crippen LogP contribution in [0.1, 0.15) is 5.56 Å². The van der Waals surface area contributed by atoms with Crippen LogP contribution in [0.5, 0.6) is 0 Å². The summed E-state index contributed by atoms with van der Waals surface area (Å²) in [6.45, 7) is 0.796. The lowest BCUT2D eigenvalue weighted by atomic mass is 10.2. The number of hydrogen-bond donors (Lipinski definition) is 0. The van der Waals surface area contributed by atoms with Crippen LogP contribution in [-0.4, -0.2) is 31.9 Å². The Hall–Kier alpha value is -0.990. The topological polar surface area (TPSA) is 46.6 Å². The molecular weight excluding hydrogens is 421 g/mol. The number of sulfonamides is 1. The molecule has 0 amide bonds. The number of nitrogens with zero attached hydrogens (tertiary/aromatic N) is 1. The molecule has 0 unspecified atom stereocenters. The fourth-order valence-corrected chi connectivity index (χ4v) is 4.29. The van der Waals surface area contributed by atoms with Gasteiger partial charge in [0.1, 0.15) is 5.82 Å². The molecule has 1 heterocycles. The molecule has 128 valence electrons. The van der Waals surface area contributed by atoms with E-state index >= 15 is 0 Å². The molecule has 8 heteroatoms. The van der Waals surface area contributed by atoms with Crippen LogP contribution in [0.2, 0.25) is 5.02 Å². The van der Waals surface area contributed by atoms with Crippen LogP contribution in [0, 0.1) is 5.82 Å². The molecule has 0 aromatic heterocycles. The van der Waals surface area contributed by atoms with Crippen LogP contribution in [0.25, 0.3) is 0 Å². The molecule has 1 aliphatic heterocycles. The molecule has 24 heavy (non-hydrogen) atoms. The van der Waals surface area contributed by atoms with Crippen molar-refractivity contribution in [3.8, 4) is 0 Å². The van der Waals surface area contributed by atoms with Gasteiger partial charge in [-0.3, -0.25) is 0 Å². The zero-order valence-electron chi connectivity index (χ0n) is 12.5. The molecule has 1 fully saturated rings. The highest BCUT2D eigenvalue weighted by atomic mass is 79.9. The lowest BCUT2D eigenvalue weighted by Crippen LogP contribution is -2.54. The molecule has 0 radical (unpaired) electrons. The molecule has 1 saturated heterocycles. The molecule has 4 nitrogen and oxygen atoms in total. The van der Waals surface area contributed by atoms with Gasteiger partial charge in [0.05, 0.1) is 17.6 Å². The van der Waals surface area contributed by atoms with Crippen LogP contribution < -0.4 is 0 Å². The second kappa shape index (κ2) is 7.09. The van der Waals surface area contributed by atoms with Gasteiger partial charge in [-0.05, 0) is 42.0 Å². The van der Waals surface area contributed by atoms with Gasteiger partial charge in [-0.15, -0.1) is 0 Å². The molecule has 0 spiro atoms.